The number of methoxy groups -OCH3 is 1. The van der Waals surface area contributed by atoms with E-state index >= 15 is 4.39 Å². The number of ether oxygens (including phenoxy) is 1. The Morgan fingerprint density at radius 2 is 2.08 bits per heavy atom. The third kappa shape index (κ3) is 4.43. The first-order valence-corrected chi connectivity index (χ1v) is 13.9. The number of anilines is 1. The average molecular weight is 582 g/mol. The molecule has 2 aromatic carbocycles. The van der Waals surface area contributed by atoms with E-state index in [9.17, 15) is 14.4 Å². The lowest BCUT2D eigenvalue weighted by Gasteiger charge is -2.40. The molecule has 2 aromatic heterocycles. The molecule has 1 fully saturated rings. The summed E-state index contributed by atoms with van der Waals surface area (Å²) < 4.78 is 37.0. The minimum atomic E-state index is -0.730. The zero-order valence-corrected chi connectivity index (χ0v) is 24.0. The molecular formula is C29H26ClF2N5O2S. The first-order chi connectivity index (χ1) is 19.1. The van der Waals surface area contributed by atoms with Crippen molar-refractivity contribution < 1.29 is 18.3 Å². The summed E-state index contributed by atoms with van der Waals surface area (Å²) in [7, 11) is 1.39. The third-order valence-electron chi connectivity index (χ3n) is 7.13. The molecule has 0 spiro atoms. The van der Waals surface area contributed by atoms with Crippen molar-refractivity contribution in [3.8, 4) is 23.2 Å². The van der Waals surface area contributed by atoms with Crippen LogP contribution in [0.15, 0.2) is 30.9 Å². The van der Waals surface area contributed by atoms with E-state index in [2.05, 4.69) is 22.6 Å². The van der Waals surface area contributed by atoms with Crippen molar-refractivity contribution in [2.45, 2.75) is 32.7 Å². The van der Waals surface area contributed by atoms with Gasteiger partial charge in [0.05, 0.1) is 22.4 Å². The molecule has 0 bridgehead atoms. The molecule has 5 rings (SSSR count). The van der Waals surface area contributed by atoms with Crippen LogP contribution in [0.4, 0.5) is 14.6 Å². The highest BCUT2D eigenvalue weighted by molar-refractivity contribution is 7.19. The van der Waals surface area contributed by atoms with Crippen LogP contribution in [0, 0.1) is 23.0 Å². The number of carbonyl (C=O) groups is 1. The Bertz CT molecular complexity index is 1730. The normalized spacial score (nSPS) is 15.6. The molecule has 7 nitrogen and oxygen atoms in total. The number of hydrogen-bond donors (Lipinski definition) is 0. The van der Waals surface area contributed by atoms with Crippen LogP contribution in [0.2, 0.25) is 5.02 Å². The maximum absolute atomic E-state index is 16.5. The van der Waals surface area contributed by atoms with Crippen LogP contribution in [0.1, 0.15) is 37.1 Å². The third-order valence-corrected chi connectivity index (χ3v) is 8.93. The predicted molar refractivity (Wildman–Crippen MR) is 154 cm³/mol. The lowest BCUT2D eigenvalue weighted by Crippen LogP contribution is -2.54. The molecular weight excluding hydrogens is 556 g/mol. The highest BCUT2D eigenvalue weighted by Gasteiger charge is 2.30. The van der Waals surface area contributed by atoms with Crippen LogP contribution >= 0.6 is 22.9 Å². The molecule has 0 radical (unpaired) electrons. The molecule has 0 N–H and O–H groups in total. The van der Waals surface area contributed by atoms with Gasteiger partial charge in [0.15, 0.2) is 5.82 Å². The summed E-state index contributed by atoms with van der Waals surface area (Å²) in [5.74, 6) is -0.981. The number of nitriles is 1. The Kier molecular flexibility index (Phi) is 7.38. The molecule has 1 amide bonds. The highest BCUT2D eigenvalue weighted by atomic mass is 35.5. The number of amides is 1. The van der Waals surface area contributed by atoms with E-state index in [1.165, 1.54) is 36.7 Å². The zero-order chi connectivity index (χ0) is 28.9. The predicted octanol–water partition coefficient (Wildman–Crippen LogP) is 6.67. The van der Waals surface area contributed by atoms with Gasteiger partial charge in [0.1, 0.15) is 23.2 Å². The zero-order valence-electron chi connectivity index (χ0n) is 22.4. The second-order valence-corrected chi connectivity index (χ2v) is 11.4. The summed E-state index contributed by atoms with van der Waals surface area (Å²) in [5, 5.41) is 10.8. The Morgan fingerprint density at radius 3 is 2.70 bits per heavy atom. The largest absolute Gasteiger partial charge is 0.467 e. The van der Waals surface area contributed by atoms with E-state index in [-0.39, 0.29) is 44.7 Å². The van der Waals surface area contributed by atoms with Crippen molar-refractivity contribution in [2.24, 2.45) is 0 Å². The Balaban J connectivity index is 1.73. The number of halogens is 3. The van der Waals surface area contributed by atoms with Crippen molar-refractivity contribution in [1.29, 1.82) is 5.26 Å². The number of carbonyl (C=O) groups excluding carboxylic acids is 1. The van der Waals surface area contributed by atoms with Gasteiger partial charge in [-0.1, -0.05) is 38.1 Å². The number of rotatable bonds is 5. The summed E-state index contributed by atoms with van der Waals surface area (Å²) in [6, 6.07) is 6.31. The van der Waals surface area contributed by atoms with Crippen LogP contribution < -0.4 is 9.64 Å². The second kappa shape index (κ2) is 10.6. The lowest BCUT2D eigenvalue weighted by molar-refractivity contribution is -0.128. The number of aromatic nitrogens is 2. The number of benzene rings is 2. The number of fused-ring (bicyclic) bond motifs is 2. The van der Waals surface area contributed by atoms with Gasteiger partial charge in [-0.15, -0.1) is 11.3 Å². The minimum absolute atomic E-state index is 0.0187. The highest BCUT2D eigenvalue weighted by Crippen LogP contribution is 2.46. The fraction of sp³-hybridized carbons (Fsp3) is 0.310. The Hall–Kier alpha value is -3.81. The average Bonchev–Trinajstić information content (AvgIpc) is 3.34. The van der Waals surface area contributed by atoms with Crippen LogP contribution in [-0.2, 0) is 4.79 Å². The van der Waals surface area contributed by atoms with Gasteiger partial charge in [0.25, 0.3) is 0 Å². The SMILES string of the molecule is C=CC(=O)N1CCN(c2nc(OC)nc3c(F)c(-c4ccc(F)c5sc(C(C)C)c(C#N)c45)c(Cl)cc23)CC1C. The van der Waals surface area contributed by atoms with Gasteiger partial charge in [0, 0.05) is 46.9 Å². The topological polar surface area (TPSA) is 82.3 Å². The molecule has 1 saturated heterocycles. The number of nitrogens with zero attached hydrogens (tertiary/aromatic N) is 5. The molecule has 3 heterocycles. The summed E-state index contributed by atoms with van der Waals surface area (Å²) >= 11 is 7.95. The van der Waals surface area contributed by atoms with Gasteiger partial charge in [-0.05, 0) is 36.6 Å². The minimum Gasteiger partial charge on any atom is -0.467 e. The van der Waals surface area contributed by atoms with Gasteiger partial charge in [0.2, 0.25) is 5.91 Å². The van der Waals surface area contributed by atoms with Crippen molar-refractivity contribution in [3.05, 3.63) is 58.0 Å². The van der Waals surface area contributed by atoms with E-state index < -0.39 is 11.6 Å². The van der Waals surface area contributed by atoms with E-state index in [1.54, 1.807) is 11.0 Å². The fourth-order valence-corrected chi connectivity index (χ4v) is 6.73. The molecule has 206 valence electrons. The van der Waals surface area contributed by atoms with Crippen molar-refractivity contribution in [2.75, 3.05) is 31.6 Å². The van der Waals surface area contributed by atoms with Crippen molar-refractivity contribution in [1.82, 2.24) is 14.9 Å². The molecule has 11 heteroatoms. The van der Waals surface area contributed by atoms with Crippen LogP contribution in [0.3, 0.4) is 0 Å². The van der Waals surface area contributed by atoms with Crippen LogP contribution in [0.5, 0.6) is 6.01 Å². The number of hydrogen-bond acceptors (Lipinski definition) is 7. The molecule has 4 aromatic rings. The second-order valence-electron chi connectivity index (χ2n) is 9.92. The Morgan fingerprint density at radius 1 is 1.32 bits per heavy atom. The first-order valence-electron chi connectivity index (χ1n) is 12.7. The summed E-state index contributed by atoms with van der Waals surface area (Å²) in [4.78, 5) is 25.4. The van der Waals surface area contributed by atoms with Crippen molar-refractivity contribution >= 4 is 55.7 Å². The number of piperazine rings is 1. The first kappa shape index (κ1) is 27.7. The van der Waals surface area contributed by atoms with Gasteiger partial charge in [-0.3, -0.25) is 4.79 Å². The monoisotopic (exact) mass is 581 g/mol. The fourth-order valence-electron chi connectivity index (χ4n) is 5.25. The molecule has 1 unspecified atom stereocenters. The standard InChI is InChI=1S/C29H26ClF2N5O2S/c1-6-21(38)37-10-9-36(13-15(37)4)28-17-11-19(30)23(24(32)25(17)34-29(35-28)39-5)16-7-8-20(31)27-22(16)18(12-33)26(40-27)14(2)3/h6-8,11,14-15H,1,9-10,13H2,2-5H3. The van der Waals surface area contributed by atoms with Gasteiger partial charge in [-0.2, -0.15) is 15.2 Å². The van der Waals surface area contributed by atoms with Crippen molar-refractivity contribution in [3.63, 3.8) is 0 Å². The maximum Gasteiger partial charge on any atom is 0.318 e. The van der Waals surface area contributed by atoms with E-state index in [1.807, 2.05) is 25.7 Å². The van der Waals surface area contributed by atoms with Gasteiger partial charge < -0.3 is 14.5 Å². The molecule has 40 heavy (non-hydrogen) atoms. The van der Waals surface area contributed by atoms with Crippen LogP contribution in [-0.4, -0.2) is 53.6 Å². The number of thiophene rings is 1. The molecule has 1 atom stereocenters. The quantitative estimate of drug-likeness (QED) is 0.245. The van der Waals surface area contributed by atoms with E-state index in [0.29, 0.717) is 47.4 Å². The lowest BCUT2D eigenvalue weighted by atomic mass is 9.95. The van der Waals surface area contributed by atoms with E-state index in [0.717, 1.165) is 4.88 Å². The van der Waals surface area contributed by atoms with E-state index in [4.69, 9.17) is 16.3 Å². The molecule has 0 saturated carbocycles. The van der Waals surface area contributed by atoms with Gasteiger partial charge in [-0.25, -0.2) is 8.78 Å². The Labute approximate surface area is 239 Å². The maximum atomic E-state index is 16.5. The smallest absolute Gasteiger partial charge is 0.318 e. The summed E-state index contributed by atoms with van der Waals surface area (Å²) in [6.07, 6.45) is 1.29. The summed E-state index contributed by atoms with van der Waals surface area (Å²) in [6.45, 7) is 10.6. The summed E-state index contributed by atoms with van der Waals surface area (Å²) in [5.41, 5.74) is 0.616. The molecule has 1 aliphatic heterocycles. The van der Waals surface area contributed by atoms with Crippen LogP contribution in [0.25, 0.3) is 32.1 Å². The molecule has 0 aliphatic carbocycles. The van der Waals surface area contributed by atoms with Gasteiger partial charge >= 0.3 is 6.01 Å². The molecule has 1 aliphatic rings.